The highest BCUT2D eigenvalue weighted by Gasteiger charge is 2.34. The molecule has 1 aliphatic rings. The lowest BCUT2D eigenvalue weighted by molar-refractivity contribution is -0.135. The Morgan fingerprint density at radius 3 is 2.32 bits per heavy atom. The van der Waals surface area contributed by atoms with Crippen LogP contribution in [0.5, 0.6) is 0 Å². The van der Waals surface area contributed by atoms with Crippen LogP contribution >= 0.6 is 0 Å². The number of benzene rings is 3. The van der Waals surface area contributed by atoms with Crippen molar-refractivity contribution in [3.05, 3.63) is 102 Å². The average Bonchev–Trinajstić information content (AvgIpc) is 3.32. The minimum atomic E-state index is -1.03. The molecule has 174 valence electrons. The van der Waals surface area contributed by atoms with E-state index in [-0.39, 0.29) is 18.5 Å². The van der Waals surface area contributed by atoms with Crippen LogP contribution < -0.4 is 10.9 Å². The lowest BCUT2D eigenvalue weighted by Crippen LogP contribution is -2.49. The molecule has 3 aromatic carbocycles. The minimum Gasteiger partial charge on any atom is -0.480 e. The van der Waals surface area contributed by atoms with Gasteiger partial charge in [0.15, 0.2) is 0 Å². The number of hydrogen-bond donors (Lipinski definition) is 2. The summed E-state index contributed by atoms with van der Waals surface area (Å²) < 4.78 is 0. The summed E-state index contributed by atoms with van der Waals surface area (Å²) in [6.45, 7) is 1.13. The molecule has 0 aliphatic carbocycles. The first-order chi connectivity index (χ1) is 16.5. The fourth-order valence-electron chi connectivity index (χ4n) is 4.35. The third kappa shape index (κ3) is 5.39. The van der Waals surface area contributed by atoms with Crippen LogP contribution in [0.25, 0.3) is 0 Å². The third-order valence-corrected chi connectivity index (χ3v) is 5.95. The predicted molar refractivity (Wildman–Crippen MR) is 133 cm³/mol. The fourth-order valence-corrected chi connectivity index (χ4v) is 4.35. The summed E-state index contributed by atoms with van der Waals surface area (Å²) >= 11 is 0. The number of carboxylic acids is 1. The maximum atomic E-state index is 13.5. The standard InChI is InChI=1S/C27H28N4O3/c28-31(27(34)24-16-9-17-30(24)19-20-10-3-1-4-11-20)23-15-8-7-14-22(23)26(29-18-25(32)33)21-12-5-2-6-13-21/h1-8,10-15,24H,9,16-19,28H2,(H,32,33). The molecule has 4 rings (SSSR count). The number of aliphatic imine (C=N–C) groups is 1. The van der Waals surface area contributed by atoms with Crippen LogP contribution in [0.3, 0.4) is 0 Å². The number of likely N-dealkylation sites (tertiary alicyclic amines) is 1. The number of para-hydroxylation sites is 1. The van der Waals surface area contributed by atoms with Crippen molar-refractivity contribution >= 4 is 23.3 Å². The van der Waals surface area contributed by atoms with Gasteiger partial charge in [-0.1, -0.05) is 78.9 Å². The Bertz CT molecular complexity index is 1160. The molecule has 1 aliphatic heterocycles. The largest absolute Gasteiger partial charge is 0.480 e. The molecule has 0 saturated carbocycles. The Morgan fingerprint density at radius 2 is 1.62 bits per heavy atom. The molecule has 3 N–H and O–H groups in total. The highest BCUT2D eigenvalue weighted by atomic mass is 16.4. The molecule has 1 fully saturated rings. The number of amides is 1. The van der Waals surface area contributed by atoms with Crippen molar-refractivity contribution in [1.82, 2.24) is 4.90 Å². The Kier molecular flexibility index (Phi) is 7.47. The number of rotatable bonds is 8. The van der Waals surface area contributed by atoms with E-state index in [2.05, 4.69) is 22.0 Å². The SMILES string of the molecule is NN(C(=O)C1CCCN1Cc1ccccc1)c1ccccc1C(=NCC(=O)O)c1ccccc1. The molecule has 0 aromatic heterocycles. The van der Waals surface area contributed by atoms with E-state index < -0.39 is 5.97 Å². The molecule has 1 atom stereocenters. The Morgan fingerprint density at radius 1 is 0.971 bits per heavy atom. The maximum absolute atomic E-state index is 13.5. The minimum absolute atomic E-state index is 0.188. The monoisotopic (exact) mass is 456 g/mol. The molecular formula is C27H28N4O3. The van der Waals surface area contributed by atoms with E-state index in [4.69, 9.17) is 5.84 Å². The van der Waals surface area contributed by atoms with Gasteiger partial charge < -0.3 is 5.11 Å². The molecule has 7 heteroatoms. The van der Waals surface area contributed by atoms with Gasteiger partial charge in [0.25, 0.3) is 5.91 Å². The van der Waals surface area contributed by atoms with Gasteiger partial charge >= 0.3 is 5.97 Å². The van der Waals surface area contributed by atoms with Crippen molar-refractivity contribution in [3.63, 3.8) is 0 Å². The van der Waals surface area contributed by atoms with E-state index in [0.29, 0.717) is 23.5 Å². The second-order valence-electron chi connectivity index (χ2n) is 8.26. The number of carbonyl (C=O) groups is 2. The first kappa shape index (κ1) is 23.4. The first-order valence-corrected chi connectivity index (χ1v) is 11.3. The van der Waals surface area contributed by atoms with Gasteiger partial charge in [-0.15, -0.1) is 0 Å². The van der Waals surface area contributed by atoms with Crippen LogP contribution in [-0.2, 0) is 16.1 Å². The van der Waals surface area contributed by atoms with E-state index in [1.54, 1.807) is 6.07 Å². The second-order valence-corrected chi connectivity index (χ2v) is 8.26. The van der Waals surface area contributed by atoms with Crippen LogP contribution in [0.1, 0.15) is 29.5 Å². The van der Waals surface area contributed by atoms with Gasteiger partial charge in [-0.3, -0.25) is 19.5 Å². The Labute approximate surface area is 199 Å². The van der Waals surface area contributed by atoms with Crippen LogP contribution in [0, 0.1) is 0 Å². The zero-order chi connectivity index (χ0) is 23.9. The van der Waals surface area contributed by atoms with Crippen molar-refractivity contribution in [2.75, 3.05) is 18.1 Å². The van der Waals surface area contributed by atoms with Gasteiger partial charge in [0.05, 0.1) is 17.4 Å². The molecule has 34 heavy (non-hydrogen) atoms. The smallest absolute Gasteiger partial charge is 0.325 e. The number of aliphatic carboxylic acids is 1. The molecule has 0 spiro atoms. The van der Waals surface area contributed by atoms with E-state index >= 15 is 0 Å². The zero-order valence-corrected chi connectivity index (χ0v) is 18.9. The molecule has 1 unspecified atom stereocenters. The molecule has 0 radical (unpaired) electrons. The van der Waals surface area contributed by atoms with Gasteiger partial charge in [0, 0.05) is 17.7 Å². The number of nitrogens with two attached hydrogens (primary N) is 1. The van der Waals surface area contributed by atoms with E-state index in [1.165, 1.54) is 5.01 Å². The fraction of sp³-hybridized carbons (Fsp3) is 0.222. The summed E-state index contributed by atoms with van der Waals surface area (Å²) in [4.78, 5) is 31.3. The number of carboxylic acid groups (broad SMARTS) is 1. The predicted octanol–water partition coefficient (Wildman–Crippen LogP) is 3.48. The quantitative estimate of drug-likeness (QED) is 0.234. The van der Waals surface area contributed by atoms with Gasteiger partial charge in [-0.2, -0.15) is 0 Å². The van der Waals surface area contributed by atoms with Crippen LogP contribution in [0.15, 0.2) is 89.9 Å². The van der Waals surface area contributed by atoms with Gasteiger partial charge in [0.2, 0.25) is 0 Å². The summed E-state index contributed by atoms with van der Waals surface area (Å²) in [5.41, 5.74) is 3.49. The molecule has 0 bridgehead atoms. The van der Waals surface area contributed by atoms with Crippen LogP contribution in [-0.4, -0.2) is 46.7 Å². The summed E-state index contributed by atoms with van der Waals surface area (Å²) in [5.74, 6) is 5.21. The van der Waals surface area contributed by atoms with Crippen molar-refractivity contribution in [3.8, 4) is 0 Å². The summed E-state index contributed by atoms with van der Waals surface area (Å²) in [5, 5.41) is 10.4. The number of nitrogens with zero attached hydrogens (tertiary/aromatic N) is 3. The zero-order valence-electron chi connectivity index (χ0n) is 18.9. The molecule has 1 heterocycles. The molecule has 3 aromatic rings. The normalized spacial score (nSPS) is 16.4. The lowest BCUT2D eigenvalue weighted by atomic mass is 10.00. The average molecular weight is 457 g/mol. The van der Waals surface area contributed by atoms with E-state index in [9.17, 15) is 14.7 Å². The summed E-state index contributed by atoms with van der Waals surface area (Å²) in [6, 6.07) is 26.3. The number of anilines is 1. The summed E-state index contributed by atoms with van der Waals surface area (Å²) in [6.07, 6.45) is 1.66. The molecule has 1 amide bonds. The van der Waals surface area contributed by atoms with Crippen molar-refractivity contribution in [1.29, 1.82) is 0 Å². The Hall–Kier alpha value is -3.81. The maximum Gasteiger partial charge on any atom is 0.325 e. The summed E-state index contributed by atoms with van der Waals surface area (Å²) in [7, 11) is 0. The lowest BCUT2D eigenvalue weighted by Gasteiger charge is -2.29. The Balaban J connectivity index is 1.64. The molecular weight excluding hydrogens is 428 g/mol. The molecule has 7 nitrogen and oxygen atoms in total. The van der Waals surface area contributed by atoms with Gasteiger partial charge in [-0.25, -0.2) is 10.9 Å². The van der Waals surface area contributed by atoms with Crippen molar-refractivity contribution in [2.24, 2.45) is 10.8 Å². The van der Waals surface area contributed by atoms with Gasteiger partial charge in [-0.05, 0) is 31.0 Å². The molecule has 1 saturated heterocycles. The second kappa shape index (κ2) is 10.9. The van der Waals surface area contributed by atoms with Crippen LogP contribution in [0.4, 0.5) is 5.69 Å². The number of hydrogen-bond acceptors (Lipinski definition) is 5. The van der Waals surface area contributed by atoms with Gasteiger partial charge in [0.1, 0.15) is 6.54 Å². The topological polar surface area (TPSA) is 99.2 Å². The highest BCUT2D eigenvalue weighted by Crippen LogP contribution is 2.27. The number of carbonyl (C=O) groups excluding carboxylic acids is 1. The van der Waals surface area contributed by atoms with Crippen molar-refractivity contribution in [2.45, 2.75) is 25.4 Å². The highest BCUT2D eigenvalue weighted by molar-refractivity contribution is 6.17. The first-order valence-electron chi connectivity index (χ1n) is 11.3. The third-order valence-electron chi connectivity index (χ3n) is 5.95. The van der Waals surface area contributed by atoms with Crippen molar-refractivity contribution < 1.29 is 14.7 Å². The number of hydrazine groups is 1. The van der Waals surface area contributed by atoms with E-state index in [1.807, 2.05) is 66.7 Å². The van der Waals surface area contributed by atoms with E-state index in [0.717, 1.165) is 30.5 Å². The van der Waals surface area contributed by atoms with Crippen LogP contribution in [0.2, 0.25) is 0 Å².